The Labute approximate surface area is 206 Å². The molecule has 3 rings (SSSR count). The molecule has 0 spiro atoms. The van der Waals surface area contributed by atoms with Crippen LogP contribution in [0.1, 0.15) is 30.6 Å². The van der Waals surface area contributed by atoms with Gasteiger partial charge in [-0.05, 0) is 85.2 Å². The fourth-order valence-corrected chi connectivity index (χ4v) is 3.13. The van der Waals surface area contributed by atoms with E-state index in [0.717, 1.165) is 23.6 Å². The highest BCUT2D eigenvalue weighted by molar-refractivity contribution is 7.80. The van der Waals surface area contributed by atoms with Crippen LogP contribution in [0.25, 0.3) is 0 Å². The summed E-state index contributed by atoms with van der Waals surface area (Å²) < 4.78 is 17.0. The zero-order valence-corrected chi connectivity index (χ0v) is 20.3. The van der Waals surface area contributed by atoms with Crippen LogP contribution in [0.2, 0.25) is 0 Å². The smallest absolute Gasteiger partial charge is 0.257 e. The maximum Gasteiger partial charge on any atom is 0.257 e. The minimum Gasteiger partial charge on any atom is -0.494 e. The van der Waals surface area contributed by atoms with Crippen LogP contribution in [-0.2, 0) is 0 Å². The van der Waals surface area contributed by atoms with Gasteiger partial charge in [0.1, 0.15) is 30.5 Å². The van der Waals surface area contributed by atoms with Crippen molar-refractivity contribution in [1.82, 2.24) is 5.32 Å². The van der Waals surface area contributed by atoms with Crippen molar-refractivity contribution in [2.75, 3.05) is 25.1 Å². The van der Waals surface area contributed by atoms with E-state index >= 15 is 0 Å². The second-order valence-electron chi connectivity index (χ2n) is 8.00. The molecule has 0 fully saturated rings. The zero-order chi connectivity index (χ0) is 24.2. The van der Waals surface area contributed by atoms with E-state index < -0.39 is 0 Å². The first-order chi connectivity index (χ1) is 16.5. The number of carbonyl (C=O) groups excluding carboxylic acids is 1. The minimum atomic E-state index is -0.301. The number of carbonyl (C=O) groups is 1. The van der Waals surface area contributed by atoms with Gasteiger partial charge in [0.05, 0.1) is 6.61 Å². The van der Waals surface area contributed by atoms with Gasteiger partial charge >= 0.3 is 0 Å². The summed E-state index contributed by atoms with van der Waals surface area (Å²) in [4.78, 5) is 12.5. The molecule has 0 heterocycles. The van der Waals surface area contributed by atoms with Gasteiger partial charge in [-0.1, -0.05) is 32.0 Å². The highest BCUT2D eigenvalue weighted by Crippen LogP contribution is 2.17. The van der Waals surface area contributed by atoms with E-state index in [2.05, 4.69) is 24.5 Å². The number of amides is 1. The molecule has 3 aromatic carbocycles. The average Bonchev–Trinajstić information content (AvgIpc) is 2.84. The molecule has 3 aromatic rings. The molecule has 0 aliphatic rings. The largest absolute Gasteiger partial charge is 0.494 e. The first-order valence-electron chi connectivity index (χ1n) is 11.3. The Hall–Kier alpha value is -3.58. The minimum absolute atomic E-state index is 0.219. The SMILES string of the molecule is CC(C)CCOc1ccc(NC(=S)NC(=O)c2ccc(OCCOc3ccccc3)cc2)cc1. The lowest BCUT2D eigenvalue weighted by Crippen LogP contribution is -2.34. The van der Waals surface area contributed by atoms with E-state index in [1.54, 1.807) is 24.3 Å². The molecule has 0 aliphatic carbocycles. The van der Waals surface area contributed by atoms with Gasteiger partial charge in [0, 0.05) is 11.3 Å². The Morgan fingerprint density at radius 1 is 0.765 bits per heavy atom. The predicted molar refractivity (Wildman–Crippen MR) is 139 cm³/mol. The third-order valence-electron chi connectivity index (χ3n) is 4.78. The van der Waals surface area contributed by atoms with E-state index in [0.29, 0.717) is 37.1 Å². The summed E-state index contributed by atoms with van der Waals surface area (Å²) >= 11 is 5.27. The van der Waals surface area contributed by atoms with Gasteiger partial charge in [-0.3, -0.25) is 10.1 Å². The lowest BCUT2D eigenvalue weighted by molar-refractivity contribution is 0.0977. The molecule has 7 heteroatoms. The number of nitrogens with one attached hydrogen (secondary N) is 2. The van der Waals surface area contributed by atoms with Crippen molar-refractivity contribution < 1.29 is 19.0 Å². The maximum atomic E-state index is 12.5. The van der Waals surface area contributed by atoms with Crippen LogP contribution >= 0.6 is 12.2 Å². The van der Waals surface area contributed by atoms with E-state index in [4.69, 9.17) is 26.4 Å². The fourth-order valence-electron chi connectivity index (χ4n) is 2.92. The Kier molecular flexibility index (Phi) is 9.73. The van der Waals surface area contributed by atoms with Crippen molar-refractivity contribution in [2.45, 2.75) is 20.3 Å². The number of benzene rings is 3. The summed E-state index contributed by atoms with van der Waals surface area (Å²) in [5.41, 5.74) is 1.24. The van der Waals surface area contributed by atoms with Crippen LogP contribution < -0.4 is 24.8 Å². The Balaban J connectivity index is 1.39. The lowest BCUT2D eigenvalue weighted by atomic mass is 10.1. The van der Waals surface area contributed by atoms with E-state index in [1.165, 1.54) is 0 Å². The Morgan fingerprint density at radius 2 is 1.29 bits per heavy atom. The predicted octanol–water partition coefficient (Wildman–Crippen LogP) is 5.70. The molecule has 1 amide bonds. The van der Waals surface area contributed by atoms with E-state index in [1.807, 2.05) is 54.6 Å². The van der Waals surface area contributed by atoms with Gasteiger partial charge in [-0.25, -0.2) is 0 Å². The second-order valence-corrected chi connectivity index (χ2v) is 8.41. The first kappa shape index (κ1) is 25.1. The van der Waals surface area contributed by atoms with Crippen molar-refractivity contribution in [3.8, 4) is 17.2 Å². The molecular weight excluding hydrogens is 448 g/mol. The summed E-state index contributed by atoms with van der Waals surface area (Å²) in [6.45, 7) is 5.84. The molecule has 178 valence electrons. The summed E-state index contributed by atoms with van der Waals surface area (Å²) in [5.74, 6) is 2.56. The number of hydrogen-bond donors (Lipinski definition) is 2. The van der Waals surface area contributed by atoms with Gasteiger partial charge < -0.3 is 19.5 Å². The molecule has 0 saturated heterocycles. The molecule has 0 aliphatic heterocycles. The highest BCUT2D eigenvalue weighted by atomic mass is 32.1. The third kappa shape index (κ3) is 8.75. The molecule has 0 unspecified atom stereocenters. The molecule has 0 aromatic heterocycles. The van der Waals surface area contributed by atoms with Crippen molar-refractivity contribution in [1.29, 1.82) is 0 Å². The summed E-state index contributed by atoms with van der Waals surface area (Å²) in [7, 11) is 0. The molecule has 0 atom stereocenters. The number of para-hydroxylation sites is 1. The van der Waals surface area contributed by atoms with Crippen LogP contribution in [0.15, 0.2) is 78.9 Å². The van der Waals surface area contributed by atoms with Crippen molar-refractivity contribution in [2.24, 2.45) is 5.92 Å². The number of ether oxygens (including phenoxy) is 3. The van der Waals surface area contributed by atoms with Gasteiger partial charge in [0.15, 0.2) is 5.11 Å². The molecular formula is C27H30N2O4S. The zero-order valence-electron chi connectivity index (χ0n) is 19.5. The fraction of sp³-hybridized carbons (Fsp3) is 0.259. The summed E-state index contributed by atoms with van der Waals surface area (Å²) in [6.07, 6.45) is 1.01. The average molecular weight is 479 g/mol. The van der Waals surface area contributed by atoms with Crippen LogP contribution in [-0.4, -0.2) is 30.8 Å². The van der Waals surface area contributed by atoms with Crippen molar-refractivity contribution >= 4 is 28.9 Å². The van der Waals surface area contributed by atoms with Crippen molar-refractivity contribution in [3.63, 3.8) is 0 Å². The van der Waals surface area contributed by atoms with Crippen LogP contribution in [0, 0.1) is 5.92 Å². The maximum absolute atomic E-state index is 12.5. The number of rotatable bonds is 11. The second kappa shape index (κ2) is 13.2. The van der Waals surface area contributed by atoms with E-state index in [9.17, 15) is 4.79 Å². The molecule has 0 bridgehead atoms. The quantitative estimate of drug-likeness (QED) is 0.272. The van der Waals surface area contributed by atoms with Gasteiger partial charge in [-0.15, -0.1) is 0 Å². The van der Waals surface area contributed by atoms with Gasteiger partial charge in [-0.2, -0.15) is 0 Å². The Morgan fingerprint density at radius 3 is 1.88 bits per heavy atom. The molecule has 2 N–H and O–H groups in total. The summed E-state index contributed by atoms with van der Waals surface area (Å²) in [6, 6.07) is 23.9. The molecule has 0 saturated carbocycles. The van der Waals surface area contributed by atoms with Crippen molar-refractivity contribution in [3.05, 3.63) is 84.4 Å². The van der Waals surface area contributed by atoms with E-state index in [-0.39, 0.29) is 11.0 Å². The first-order valence-corrected chi connectivity index (χ1v) is 11.7. The van der Waals surface area contributed by atoms with Gasteiger partial charge in [0.25, 0.3) is 5.91 Å². The number of anilines is 1. The molecule has 0 radical (unpaired) electrons. The number of thiocarbonyl (C=S) groups is 1. The lowest BCUT2D eigenvalue weighted by Gasteiger charge is -2.12. The van der Waals surface area contributed by atoms with Crippen LogP contribution in [0.4, 0.5) is 5.69 Å². The highest BCUT2D eigenvalue weighted by Gasteiger charge is 2.09. The monoisotopic (exact) mass is 478 g/mol. The standard InChI is InChI=1S/C27H30N2O4S/c1-20(2)16-17-31-25-14-10-22(11-15-25)28-27(34)29-26(30)21-8-12-24(13-9-21)33-19-18-32-23-6-4-3-5-7-23/h3-15,20H,16-19H2,1-2H3,(H2,28,29,30,34). The molecule has 34 heavy (non-hydrogen) atoms. The van der Waals surface area contributed by atoms with Crippen LogP contribution in [0.5, 0.6) is 17.2 Å². The molecule has 6 nitrogen and oxygen atoms in total. The van der Waals surface area contributed by atoms with Crippen LogP contribution in [0.3, 0.4) is 0 Å². The normalized spacial score (nSPS) is 10.4. The topological polar surface area (TPSA) is 68.8 Å². The third-order valence-corrected chi connectivity index (χ3v) is 4.99. The summed E-state index contributed by atoms with van der Waals surface area (Å²) in [5, 5.41) is 5.91. The van der Waals surface area contributed by atoms with Gasteiger partial charge in [0.2, 0.25) is 0 Å². The Bertz CT molecular complexity index is 1040. The number of hydrogen-bond acceptors (Lipinski definition) is 5.